The number of likely N-dealkylation sites (tertiary alicyclic amines) is 1. The average molecular weight is 461 g/mol. The standard InChI is InChI=1S/C26H28N4O4/c1-34-25(33)26(21-7-3-2-4-8-21)11-15-30(16-12-26)24(32)20-6-5-9-22(18-20)28-23(31)10-14-29-17-13-27-19-29/h2-9,13,17-19H,10-12,14-16H2,1H3,(H,28,31). The van der Waals surface area contributed by atoms with Crippen LogP contribution < -0.4 is 5.32 Å². The molecule has 0 atom stereocenters. The molecular weight excluding hydrogens is 432 g/mol. The normalized spacial score (nSPS) is 14.9. The molecule has 3 aromatic rings. The number of hydrogen-bond donors (Lipinski definition) is 1. The molecule has 0 aliphatic carbocycles. The summed E-state index contributed by atoms with van der Waals surface area (Å²) >= 11 is 0. The van der Waals surface area contributed by atoms with Crippen LogP contribution in [0.5, 0.6) is 0 Å². The van der Waals surface area contributed by atoms with E-state index in [1.165, 1.54) is 7.11 Å². The topological polar surface area (TPSA) is 93.5 Å². The second-order valence-corrected chi connectivity index (χ2v) is 8.41. The minimum Gasteiger partial charge on any atom is -0.468 e. The number of carbonyl (C=O) groups excluding carboxylic acids is 3. The van der Waals surface area contributed by atoms with Crippen molar-refractivity contribution in [1.29, 1.82) is 0 Å². The summed E-state index contributed by atoms with van der Waals surface area (Å²) in [6.07, 6.45) is 6.41. The van der Waals surface area contributed by atoms with E-state index in [4.69, 9.17) is 4.74 Å². The third-order valence-corrected chi connectivity index (χ3v) is 6.36. The van der Waals surface area contributed by atoms with Gasteiger partial charge in [0, 0.05) is 49.7 Å². The zero-order valence-electron chi connectivity index (χ0n) is 19.1. The van der Waals surface area contributed by atoms with Crippen molar-refractivity contribution < 1.29 is 19.1 Å². The number of imidazole rings is 1. The van der Waals surface area contributed by atoms with Crippen LogP contribution in [0.15, 0.2) is 73.3 Å². The van der Waals surface area contributed by atoms with Gasteiger partial charge in [0.25, 0.3) is 5.91 Å². The summed E-state index contributed by atoms with van der Waals surface area (Å²) < 4.78 is 6.97. The Balaban J connectivity index is 1.40. The van der Waals surface area contributed by atoms with Crippen LogP contribution in [-0.2, 0) is 26.3 Å². The lowest BCUT2D eigenvalue weighted by molar-refractivity contribution is -0.149. The van der Waals surface area contributed by atoms with Crippen LogP contribution >= 0.6 is 0 Å². The number of ether oxygens (including phenoxy) is 1. The Hall–Kier alpha value is -3.94. The molecule has 8 heteroatoms. The summed E-state index contributed by atoms with van der Waals surface area (Å²) in [7, 11) is 1.40. The lowest BCUT2D eigenvalue weighted by Gasteiger charge is -2.40. The van der Waals surface area contributed by atoms with Crippen LogP contribution in [0.1, 0.15) is 35.2 Å². The smallest absolute Gasteiger partial charge is 0.316 e. The van der Waals surface area contributed by atoms with Crippen molar-refractivity contribution in [1.82, 2.24) is 14.5 Å². The van der Waals surface area contributed by atoms with Gasteiger partial charge in [-0.15, -0.1) is 0 Å². The largest absolute Gasteiger partial charge is 0.468 e. The molecule has 0 unspecified atom stereocenters. The molecule has 8 nitrogen and oxygen atoms in total. The Morgan fingerprint density at radius 3 is 2.50 bits per heavy atom. The van der Waals surface area contributed by atoms with Crippen molar-refractivity contribution in [3.05, 3.63) is 84.4 Å². The highest BCUT2D eigenvalue weighted by Crippen LogP contribution is 2.37. The van der Waals surface area contributed by atoms with Crippen molar-refractivity contribution in [2.75, 3.05) is 25.5 Å². The molecule has 1 aromatic heterocycles. The first-order chi connectivity index (χ1) is 16.5. The summed E-state index contributed by atoms with van der Waals surface area (Å²) in [4.78, 5) is 44.0. The quantitative estimate of drug-likeness (QED) is 0.547. The fourth-order valence-electron chi connectivity index (χ4n) is 4.44. The second-order valence-electron chi connectivity index (χ2n) is 8.41. The van der Waals surface area contributed by atoms with Gasteiger partial charge >= 0.3 is 5.97 Å². The highest BCUT2D eigenvalue weighted by molar-refractivity contribution is 5.97. The number of benzene rings is 2. The third-order valence-electron chi connectivity index (χ3n) is 6.36. The fraction of sp³-hybridized carbons (Fsp3) is 0.308. The van der Waals surface area contributed by atoms with Crippen molar-refractivity contribution in [2.24, 2.45) is 0 Å². The number of hydrogen-bond acceptors (Lipinski definition) is 5. The van der Waals surface area contributed by atoms with E-state index in [9.17, 15) is 14.4 Å². The number of piperidine rings is 1. The molecule has 2 heterocycles. The van der Waals surface area contributed by atoms with Gasteiger partial charge in [-0.2, -0.15) is 0 Å². The number of rotatable bonds is 7. The maximum Gasteiger partial charge on any atom is 0.316 e. The van der Waals surface area contributed by atoms with E-state index >= 15 is 0 Å². The summed E-state index contributed by atoms with van der Waals surface area (Å²) in [5, 5.41) is 2.86. The van der Waals surface area contributed by atoms with E-state index in [1.807, 2.05) is 34.9 Å². The molecule has 4 rings (SSSR count). The lowest BCUT2D eigenvalue weighted by Crippen LogP contribution is -2.49. The molecule has 1 N–H and O–H groups in total. The highest BCUT2D eigenvalue weighted by Gasteiger charge is 2.44. The van der Waals surface area contributed by atoms with Crippen LogP contribution in [0.3, 0.4) is 0 Å². The third kappa shape index (κ3) is 5.01. The number of esters is 1. The molecule has 1 fully saturated rings. The van der Waals surface area contributed by atoms with Gasteiger partial charge in [-0.25, -0.2) is 4.98 Å². The van der Waals surface area contributed by atoms with Crippen LogP contribution in [0, 0.1) is 0 Å². The van der Waals surface area contributed by atoms with Gasteiger partial charge in [0.1, 0.15) is 0 Å². The van der Waals surface area contributed by atoms with Crippen molar-refractivity contribution in [3.63, 3.8) is 0 Å². The van der Waals surface area contributed by atoms with Gasteiger partial charge in [0.15, 0.2) is 0 Å². The second kappa shape index (κ2) is 10.3. The van der Waals surface area contributed by atoms with E-state index in [1.54, 1.807) is 47.9 Å². The van der Waals surface area contributed by atoms with E-state index in [0.717, 1.165) is 5.56 Å². The minimum atomic E-state index is -0.752. The van der Waals surface area contributed by atoms with E-state index in [0.29, 0.717) is 50.1 Å². The Morgan fingerprint density at radius 1 is 1.06 bits per heavy atom. The SMILES string of the molecule is COC(=O)C1(c2ccccc2)CCN(C(=O)c2cccc(NC(=O)CCn3ccnc3)c2)CC1. The number of carbonyl (C=O) groups is 3. The van der Waals surface area contributed by atoms with Gasteiger partial charge in [-0.1, -0.05) is 36.4 Å². The highest BCUT2D eigenvalue weighted by atomic mass is 16.5. The Morgan fingerprint density at radius 2 is 1.82 bits per heavy atom. The summed E-state index contributed by atoms with van der Waals surface area (Å²) in [5.74, 6) is -0.533. The molecular formula is C26H28N4O4. The number of aromatic nitrogens is 2. The van der Waals surface area contributed by atoms with Crippen LogP contribution in [0.4, 0.5) is 5.69 Å². The number of amides is 2. The summed E-state index contributed by atoms with van der Waals surface area (Å²) in [5.41, 5.74) is 1.23. The maximum atomic E-state index is 13.2. The first kappa shape index (κ1) is 23.2. The monoisotopic (exact) mass is 460 g/mol. The number of nitrogens with one attached hydrogen (secondary N) is 1. The van der Waals surface area contributed by atoms with Crippen LogP contribution in [-0.4, -0.2) is 52.4 Å². The molecule has 0 spiro atoms. The number of aryl methyl sites for hydroxylation is 1. The lowest BCUT2D eigenvalue weighted by atomic mass is 9.72. The van der Waals surface area contributed by atoms with Gasteiger partial charge < -0.3 is 19.5 Å². The van der Waals surface area contributed by atoms with Gasteiger partial charge in [-0.3, -0.25) is 14.4 Å². The molecule has 0 radical (unpaired) electrons. The number of nitrogens with zero attached hydrogens (tertiary/aromatic N) is 3. The zero-order chi connectivity index (χ0) is 24.0. The van der Waals surface area contributed by atoms with Gasteiger partial charge in [-0.05, 0) is 36.6 Å². The van der Waals surface area contributed by atoms with E-state index in [2.05, 4.69) is 10.3 Å². The molecule has 1 aliphatic rings. The molecule has 2 amide bonds. The van der Waals surface area contributed by atoms with Crippen molar-refractivity contribution in [3.8, 4) is 0 Å². The molecule has 1 saturated heterocycles. The van der Waals surface area contributed by atoms with Gasteiger partial charge in [0.2, 0.25) is 5.91 Å². The molecule has 176 valence electrons. The molecule has 2 aromatic carbocycles. The average Bonchev–Trinajstić information content (AvgIpc) is 3.41. The molecule has 0 bridgehead atoms. The van der Waals surface area contributed by atoms with Gasteiger partial charge in [0.05, 0.1) is 18.9 Å². The van der Waals surface area contributed by atoms with Crippen LogP contribution in [0.2, 0.25) is 0 Å². The molecule has 1 aliphatic heterocycles. The maximum absolute atomic E-state index is 13.2. The van der Waals surface area contributed by atoms with Crippen LogP contribution in [0.25, 0.3) is 0 Å². The number of anilines is 1. The fourth-order valence-corrected chi connectivity index (χ4v) is 4.44. The Bertz CT molecular complexity index is 1140. The minimum absolute atomic E-state index is 0.124. The predicted molar refractivity (Wildman–Crippen MR) is 127 cm³/mol. The molecule has 34 heavy (non-hydrogen) atoms. The Kier molecular flexibility index (Phi) is 7.06. The predicted octanol–water partition coefficient (Wildman–Crippen LogP) is 3.26. The Labute approximate surface area is 198 Å². The molecule has 0 saturated carbocycles. The zero-order valence-corrected chi connectivity index (χ0v) is 19.1. The van der Waals surface area contributed by atoms with E-state index in [-0.39, 0.29) is 17.8 Å². The van der Waals surface area contributed by atoms with Crippen molar-refractivity contribution in [2.45, 2.75) is 31.2 Å². The first-order valence-corrected chi connectivity index (χ1v) is 11.3. The first-order valence-electron chi connectivity index (χ1n) is 11.3. The van der Waals surface area contributed by atoms with Crippen molar-refractivity contribution >= 4 is 23.5 Å². The summed E-state index contributed by atoms with van der Waals surface area (Å²) in [6, 6.07) is 16.6. The number of methoxy groups -OCH3 is 1. The summed E-state index contributed by atoms with van der Waals surface area (Å²) in [6.45, 7) is 1.40. The van der Waals surface area contributed by atoms with E-state index < -0.39 is 5.41 Å².